The largest absolute Gasteiger partial charge is 0.508 e. The topological polar surface area (TPSA) is 183 Å². The summed E-state index contributed by atoms with van der Waals surface area (Å²) in [6, 6.07) is 33.9. The highest BCUT2D eigenvalue weighted by Gasteiger charge is 2.55. The van der Waals surface area contributed by atoms with Crippen LogP contribution in [0.3, 0.4) is 0 Å². The van der Waals surface area contributed by atoms with Gasteiger partial charge in [-0.2, -0.15) is 0 Å². The second-order valence-corrected chi connectivity index (χ2v) is 17.9. The van der Waals surface area contributed by atoms with E-state index in [1.54, 1.807) is 114 Å². The summed E-state index contributed by atoms with van der Waals surface area (Å²) in [4.78, 5) is 50.0. The minimum atomic E-state index is -1.29. The number of benzene rings is 6. The van der Waals surface area contributed by atoms with E-state index in [1.807, 2.05) is 24.3 Å². The van der Waals surface area contributed by atoms with E-state index < -0.39 is 46.3 Å². The number of hydrogen-bond acceptors (Lipinski definition) is 14. The Balaban J connectivity index is 0.000000186. The number of carbonyl (C=O) groups is 4. The summed E-state index contributed by atoms with van der Waals surface area (Å²) in [6.45, 7) is 10.1. The molecule has 0 unspecified atom stereocenters. The smallest absolute Gasteiger partial charge is 0.344 e. The number of phenols is 2. The molecule has 0 atom stereocenters. The minimum Gasteiger partial charge on any atom is -0.508 e. The van der Waals surface area contributed by atoms with Gasteiger partial charge in [0.05, 0.1) is 11.1 Å². The molecule has 0 radical (unpaired) electrons. The van der Waals surface area contributed by atoms with Gasteiger partial charge in [-0.15, -0.1) is 0 Å². The fraction of sp³-hybridized carbons (Fsp3) is 0.231. The van der Waals surface area contributed by atoms with Gasteiger partial charge in [-0.25, -0.2) is 19.2 Å². The monoisotopic (exact) mass is 892 g/mol. The maximum atomic E-state index is 13.1. The van der Waals surface area contributed by atoms with Crippen LogP contribution in [0.2, 0.25) is 0 Å². The first-order chi connectivity index (χ1) is 31.3. The first-order valence-electron chi connectivity index (χ1n) is 21.0. The van der Waals surface area contributed by atoms with Crippen LogP contribution in [0.1, 0.15) is 95.6 Å². The zero-order valence-electron chi connectivity index (χ0n) is 36.8. The van der Waals surface area contributed by atoms with E-state index in [1.165, 1.54) is 24.3 Å². The van der Waals surface area contributed by atoms with E-state index in [4.69, 9.17) is 37.9 Å². The third kappa shape index (κ3) is 7.73. The van der Waals surface area contributed by atoms with E-state index in [2.05, 4.69) is 0 Å². The molecule has 2 N–H and O–H groups in total. The van der Waals surface area contributed by atoms with Crippen molar-refractivity contribution in [1.29, 1.82) is 0 Å². The van der Waals surface area contributed by atoms with E-state index in [0.29, 0.717) is 79.0 Å². The summed E-state index contributed by atoms with van der Waals surface area (Å²) in [7, 11) is 0. The molecule has 336 valence electrons. The molecule has 6 aromatic carbocycles. The highest BCUT2D eigenvalue weighted by Crippen LogP contribution is 2.58. The number of phenolic OH excluding ortho intramolecular Hbond substituents is 2. The molecule has 0 amide bonds. The van der Waals surface area contributed by atoms with Crippen LogP contribution < -0.4 is 18.9 Å². The van der Waals surface area contributed by atoms with Crippen LogP contribution in [0.25, 0.3) is 0 Å². The quantitative estimate of drug-likeness (QED) is 0.119. The van der Waals surface area contributed by atoms with E-state index in [9.17, 15) is 29.4 Å². The molecule has 14 nitrogen and oxygen atoms in total. The fourth-order valence-electron chi connectivity index (χ4n) is 8.50. The molecule has 0 aliphatic carbocycles. The Morgan fingerprint density at radius 2 is 0.833 bits per heavy atom. The number of esters is 4. The van der Waals surface area contributed by atoms with Gasteiger partial charge in [0.25, 0.3) is 0 Å². The van der Waals surface area contributed by atoms with Crippen LogP contribution in [0.4, 0.5) is 0 Å². The maximum Gasteiger partial charge on any atom is 0.344 e. The van der Waals surface area contributed by atoms with Crippen molar-refractivity contribution < 1.29 is 67.3 Å². The van der Waals surface area contributed by atoms with Crippen molar-refractivity contribution in [2.24, 2.45) is 0 Å². The van der Waals surface area contributed by atoms with Crippen LogP contribution >= 0.6 is 0 Å². The van der Waals surface area contributed by atoms with Crippen LogP contribution in [-0.4, -0.2) is 58.5 Å². The molecule has 0 saturated heterocycles. The molecule has 66 heavy (non-hydrogen) atoms. The van der Waals surface area contributed by atoms with Gasteiger partial charge >= 0.3 is 23.9 Å². The molecule has 14 heteroatoms. The Hall–Kier alpha value is -8.00. The number of fused-ring (bicyclic) bond motifs is 12. The van der Waals surface area contributed by atoms with Gasteiger partial charge in [0.2, 0.25) is 0 Å². The molecule has 0 fully saturated rings. The zero-order chi connectivity index (χ0) is 46.8. The van der Waals surface area contributed by atoms with Crippen molar-refractivity contribution in [3.8, 4) is 46.0 Å². The highest BCUT2D eigenvalue weighted by molar-refractivity contribution is 5.98. The highest BCUT2D eigenvalue weighted by atomic mass is 16.6. The summed E-state index contributed by atoms with van der Waals surface area (Å²) < 4.78 is 46.3. The molecule has 0 aromatic heterocycles. The van der Waals surface area contributed by atoms with Crippen LogP contribution in [-0.2, 0) is 39.7 Å². The average Bonchev–Trinajstić information content (AvgIpc) is 3.71. The lowest BCUT2D eigenvalue weighted by Gasteiger charge is -2.36. The third-order valence-electron chi connectivity index (χ3n) is 10.9. The van der Waals surface area contributed by atoms with E-state index in [-0.39, 0.29) is 24.7 Å². The normalized spacial score (nSPS) is 15.1. The molecule has 0 bridgehead atoms. The van der Waals surface area contributed by atoms with Crippen LogP contribution in [0.5, 0.6) is 46.0 Å². The Morgan fingerprint density at radius 1 is 0.485 bits per heavy atom. The van der Waals surface area contributed by atoms with Gasteiger partial charge in [0.1, 0.15) is 57.2 Å². The molecule has 0 saturated carbocycles. The van der Waals surface area contributed by atoms with Crippen molar-refractivity contribution >= 4 is 23.9 Å². The van der Waals surface area contributed by atoms with Gasteiger partial charge in [-0.1, -0.05) is 36.4 Å². The van der Waals surface area contributed by atoms with Crippen molar-refractivity contribution in [2.75, 3.05) is 13.2 Å². The molecular weight excluding hydrogens is 849 g/mol. The molecule has 4 heterocycles. The van der Waals surface area contributed by atoms with Crippen molar-refractivity contribution in [3.63, 3.8) is 0 Å². The van der Waals surface area contributed by atoms with Gasteiger partial charge in [0, 0.05) is 57.6 Å². The minimum absolute atomic E-state index is 0.0371. The van der Waals surface area contributed by atoms with Gasteiger partial charge in [-0.3, -0.25) is 0 Å². The average molecular weight is 893 g/mol. The Labute approximate surface area is 379 Å². The van der Waals surface area contributed by atoms with E-state index >= 15 is 0 Å². The standard InChI is InChI=1S/C32H32O9.C20H12O5/c1-30(2,3)39-27(33)17-36-19-11-13-23-25(15-19)38-26-16-20(37-18-28(34)40-31(4,5)6)12-14-24(26)32(23)22-10-8-7-9-21(22)29(35)41-32;21-11-5-7-15-17(9-11)24-18-10-12(22)6-8-16(18)20(15)14-4-2-1-3-13(14)19(23)25-20/h7-16H,17-18H2,1-6H3;1-10,21-22H. The lowest BCUT2D eigenvalue weighted by Crippen LogP contribution is -2.33. The van der Waals surface area contributed by atoms with Crippen molar-refractivity contribution in [2.45, 2.75) is 63.9 Å². The Kier molecular flexibility index (Phi) is 10.4. The number of rotatable bonds is 6. The lowest BCUT2D eigenvalue weighted by atomic mass is 9.77. The second-order valence-electron chi connectivity index (χ2n) is 17.9. The Bertz CT molecular complexity index is 2840. The predicted molar refractivity (Wildman–Crippen MR) is 235 cm³/mol. The molecule has 10 rings (SSSR count). The van der Waals surface area contributed by atoms with E-state index in [0.717, 1.165) is 0 Å². The molecule has 4 aliphatic heterocycles. The van der Waals surface area contributed by atoms with Gasteiger partial charge in [0.15, 0.2) is 24.4 Å². The molecule has 4 aliphatic rings. The van der Waals surface area contributed by atoms with Gasteiger partial charge in [-0.05, 0) is 102 Å². The third-order valence-corrected chi connectivity index (χ3v) is 10.9. The van der Waals surface area contributed by atoms with Crippen molar-refractivity contribution in [3.05, 3.63) is 166 Å². The Morgan fingerprint density at radius 3 is 1.21 bits per heavy atom. The van der Waals surface area contributed by atoms with Crippen LogP contribution in [0, 0.1) is 0 Å². The number of hydrogen-bond donors (Lipinski definition) is 2. The summed E-state index contributed by atoms with van der Waals surface area (Å²) in [6.07, 6.45) is 0. The van der Waals surface area contributed by atoms with Crippen LogP contribution in [0.15, 0.2) is 121 Å². The predicted octanol–water partition coefficient (Wildman–Crippen LogP) is 9.36. The molecule has 2 spiro atoms. The van der Waals surface area contributed by atoms with Gasteiger partial charge < -0.3 is 48.1 Å². The summed E-state index contributed by atoms with van der Waals surface area (Å²) in [5, 5.41) is 19.7. The second kappa shape index (κ2) is 15.9. The number of aromatic hydroxyl groups is 2. The fourth-order valence-corrected chi connectivity index (χ4v) is 8.50. The van der Waals surface area contributed by atoms with Crippen molar-refractivity contribution in [1.82, 2.24) is 0 Å². The summed E-state index contributed by atoms with van der Waals surface area (Å²) in [5.74, 6) is 0.389. The maximum absolute atomic E-state index is 13.1. The molecular formula is C52H44O14. The molecule has 6 aromatic rings. The SMILES string of the molecule is CC(C)(C)OC(=O)COc1ccc2c(c1)Oc1cc(OCC(=O)OC(C)(C)C)ccc1C21OC(=O)c2ccccc21.O=C1OC2(c3ccc(O)cc3Oc3cc(O)ccc32)c2ccccc21. The summed E-state index contributed by atoms with van der Waals surface area (Å²) in [5.41, 5.74) is 1.01. The zero-order valence-corrected chi connectivity index (χ0v) is 36.8. The first kappa shape index (κ1) is 43.3. The number of carbonyl (C=O) groups excluding carboxylic acids is 4. The summed E-state index contributed by atoms with van der Waals surface area (Å²) >= 11 is 0. The lowest BCUT2D eigenvalue weighted by molar-refractivity contribution is -0.158. The first-order valence-corrected chi connectivity index (χ1v) is 21.0. The number of ether oxygens (including phenoxy) is 8.